The Labute approximate surface area is 155 Å². The van der Waals surface area contributed by atoms with E-state index in [2.05, 4.69) is 13.0 Å². The third kappa shape index (κ3) is 2.03. The van der Waals surface area contributed by atoms with Gasteiger partial charge in [-0.15, -0.1) is 0 Å². The van der Waals surface area contributed by atoms with Gasteiger partial charge in [0.15, 0.2) is 5.78 Å². The molecule has 3 unspecified atom stereocenters. The predicted molar refractivity (Wildman–Crippen MR) is 97.2 cm³/mol. The zero-order valence-corrected chi connectivity index (χ0v) is 16.3. The Morgan fingerprint density at radius 3 is 2.62 bits per heavy atom. The highest BCUT2D eigenvalue weighted by molar-refractivity contribution is 5.87. The highest BCUT2D eigenvalue weighted by Crippen LogP contribution is 2.67. The summed E-state index contributed by atoms with van der Waals surface area (Å²) in [5, 5.41) is 11.4. The first-order valence-electron chi connectivity index (χ1n) is 10.2. The summed E-state index contributed by atoms with van der Waals surface area (Å²) in [4.78, 5) is 24.4. The van der Waals surface area contributed by atoms with Crippen LogP contribution in [0.4, 0.5) is 4.39 Å². The van der Waals surface area contributed by atoms with Crippen molar-refractivity contribution in [2.24, 2.45) is 34.5 Å². The van der Waals surface area contributed by atoms with Gasteiger partial charge >= 0.3 is 0 Å². The van der Waals surface area contributed by atoms with Crippen LogP contribution in [0.1, 0.15) is 66.2 Å². The van der Waals surface area contributed by atoms with Crippen LogP contribution in [0, 0.1) is 34.5 Å². The highest BCUT2D eigenvalue weighted by atomic mass is 19.1. The zero-order valence-electron chi connectivity index (χ0n) is 16.3. The van der Waals surface area contributed by atoms with Crippen LogP contribution in [0.2, 0.25) is 0 Å². The van der Waals surface area contributed by atoms with Crippen molar-refractivity contribution < 1.29 is 19.1 Å². The molecular formula is C22H31FO3. The molecular weight excluding hydrogens is 331 g/mol. The summed E-state index contributed by atoms with van der Waals surface area (Å²) >= 11 is 0. The van der Waals surface area contributed by atoms with Gasteiger partial charge < -0.3 is 5.11 Å². The van der Waals surface area contributed by atoms with Crippen molar-refractivity contribution in [1.29, 1.82) is 0 Å². The second-order valence-corrected chi connectivity index (χ2v) is 9.97. The summed E-state index contributed by atoms with van der Waals surface area (Å²) < 4.78 is 15.2. The maximum Gasteiger partial charge on any atom is 0.162 e. The molecule has 0 heterocycles. The third-order valence-electron chi connectivity index (χ3n) is 8.94. The van der Waals surface area contributed by atoms with Crippen molar-refractivity contribution in [3.8, 4) is 0 Å². The number of ketones is 2. The summed E-state index contributed by atoms with van der Waals surface area (Å²) in [6.07, 6.45) is 4.72. The summed E-state index contributed by atoms with van der Waals surface area (Å²) in [6.45, 7) is 7.63. The van der Waals surface area contributed by atoms with Crippen molar-refractivity contribution in [3.05, 3.63) is 11.6 Å². The van der Waals surface area contributed by atoms with Gasteiger partial charge in [0.05, 0.1) is 0 Å². The van der Waals surface area contributed by atoms with Gasteiger partial charge in [-0.2, -0.15) is 0 Å². The van der Waals surface area contributed by atoms with E-state index < -0.39 is 17.2 Å². The van der Waals surface area contributed by atoms with Crippen LogP contribution in [0.15, 0.2) is 11.6 Å². The van der Waals surface area contributed by atoms with Gasteiger partial charge in [-0.1, -0.05) is 32.4 Å². The van der Waals surface area contributed by atoms with Crippen LogP contribution in [0.5, 0.6) is 0 Å². The van der Waals surface area contributed by atoms with E-state index >= 15 is 4.39 Å². The van der Waals surface area contributed by atoms with Crippen LogP contribution >= 0.6 is 0 Å². The minimum absolute atomic E-state index is 0.0778. The lowest BCUT2D eigenvalue weighted by Gasteiger charge is -2.57. The van der Waals surface area contributed by atoms with Gasteiger partial charge in [0, 0.05) is 24.2 Å². The molecule has 4 aliphatic carbocycles. The minimum atomic E-state index is -1.33. The molecule has 0 spiro atoms. The molecule has 0 aromatic heterocycles. The van der Waals surface area contributed by atoms with Crippen LogP contribution in [-0.2, 0) is 9.59 Å². The quantitative estimate of drug-likeness (QED) is 0.717. The second kappa shape index (κ2) is 5.50. The van der Waals surface area contributed by atoms with E-state index in [1.807, 2.05) is 13.8 Å². The van der Waals surface area contributed by atoms with E-state index in [1.54, 1.807) is 0 Å². The lowest BCUT2D eigenvalue weighted by Crippen LogP contribution is -2.57. The van der Waals surface area contributed by atoms with E-state index in [1.165, 1.54) is 12.5 Å². The number of rotatable bonds is 1. The average molecular weight is 362 g/mol. The fourth-order valence-corrected chi connectivity index (χ4v) is 7.41. The molecule has 144 valence electrons. The fourth-order valence-electron chi connectivity index (χ4n) is 7.41. The first-order chi connectivity index (χ1) is 12.1. The molecule has 0 radical (unpaired) electrons. The second-order valence-electron chi connectivity index (χ2n) is 9.97. The van der Waals surface area contributed by atoms with Gasteiger partial charge in [-0.05, 0) is 55.8 Å². The molecule has 1 N–H and O–H groups in total. The zero-order chi connectivity index (χ0) is 19.1. The summed E-state index contributed by atoms with van der Waals surface area (Å²) in [5.74, 6) is -0.0865. The predicted octanol–water partition coefficient (Wildman–Crippen LogP) is 4.03. The van der Waals surface area contributed by atoms with Gasteiger partial charge in [-0.3, -0.25) is 9.59 Å². The van der Waals surface area contributed by atoms with Crippen LogP contribution in [0.25, 0.3) is 0 Å². The largest absolute Gasteiger partial charge is 0.381 e. The fraction of sp³-hybridized carbons (Fsp3) is 0.818. The maximum absolute atomic E-state index is 15.2. The number of carbonyl (C=O) groups is 2. The van der Waals surface area contributed by atoms with E-state index in [0.717, 1.165) is 12.8 Å². The van der Waals surface area contributed by atoms with Crippen molar-refractivity contribution in [2.45, 2.75) is 78.0 Å². The van der Waals surface area contributed by atoms with Crippen molar-refractivity contribution >= 4 is 11.6 Å². The number of fused-ring (bicyclic) bond motifs is 5. The number of hydrogen-bond acceptors (Lipinski definition) is 3. The molecule has 4 aliphatic rings. The minimum Gasteiger partial charge on any atom is -0.381 e. The molecule has 0 amide bonds. The van der Waals surface area contributed by atoms with Gasteiger partial charge in [0.25, 0.3) is 0 Å². The molecule has 8 atom stereocenters. The summed E-state index contributed by atoms with van der Waals surface area (Å²) in [5.41, 5.74) is -0.796. The van der Waals surface area contributed by atoms with Crippen molar-refractivity contribution in [2.75, 3.05) is 0 Å². The van der Waals surface area contributed by atoms with Crippen LogP contribution in [-0.4, -0.2) is 28.4 Å². The van der Waals surface area contributed by atoms with Crippen LogP contribution < -0.4 is 0 Å². The van der Waals surface area contributed by atoms with E-state index in [-0.39, 0.29) is 40.7 Å². The molecule has 0 saturated heterocycles. The lowest BCUT2D eigenvalue weighted by atomic mass is 9.48. The highest BCUT2D eigenvalue weighted by Gasteiger charge is 2.67. The summed E-state index contributed by atoms with van der Waals surface area (Å²) in [6, 6.07) is 0. The van der Waals surface area contributed by atoms with E-state index in [4.69, 9.17) is 0 Å². The first kappa shape index (κ1) is 18.3. The maximum atomic E-state index is 15.2. The number of aliphatic hydroxyl groups is 1. The van der Waals surface area contributed by atoms with Gasteiger partial charge in [-0.25, -0.2) is 4.39 Å². The Bertz CT molecular complexity index is 700. The van der Waals surface area contributed by atoms with Crippen molar-refractivity contribution in [1.82, 2.24) is 0 Å². The molecule has 4 rings (SSSR count). The monoisotopic (exact) mass is 362 g/mol. The van der Waals surface area contributed by atoms with Crippen molar-refractivity contribution in [3.63, 3.8) is 0 Å². The number of hydrogen-bond donors (Lipinski definition) is 1. The molecule has 0 aromatic rings. The normalized spacial score (nSPS) is 53.4. The Kier molecular flexibility index (Phi) is 3.88. The average Bonchev–Trinajstić information content (AvgIpc) is 2.78. The molecule has 0 bridgehead atoms. The molecule has 0 aliphatic heterocycles. The molecule has 26 heavy (non-hydrogen) atoms. The van der Waals surface area contributed by atoms with Crippen LogP contribution in [0.3, 0.4) is 0 Å². The topological polar surface area (TPSA) is 54.4 Å². The number of Topliss-reactive ketones (excluding diaryl/α,β-unsaturated/α-hetero) is 2. The Morgan fingerprint density at radius 2 is 1.96 bits per heavy atom. The number of carbonyl (C=O) groups excluding carboxylic acids is 2. The van der Waals surface area contributed by atoms with E-state index in [9.17, 15) is 14.7 Å². The van der Waals surface area contributed by atoms with E-state index in [0.29, 0.717) is 25.7 Å². The van der Waals surface area contributed by atoms with Gasteiger partial charge in [0.1, 0.15) is 17.6 Å². The molecule has 3 saturated carbocycles. The standard InChI is InChI=1S/C22H31FO3/c1-12-9-17-15-11-19(23)18-10-14(25)5-7-20(18,3)16(15)6-8-21(17,4)22(12,26)13(2)24/h6,12,15,17-19,26H,5,7-11H2,1-4H3/t12-,15?,17?,18?,19-,20+,21-,22-/m0/s1. The number of alkyl halides is 1. The first-order valence-corrected chi connectivity index (χ1v) is 10.2. The third-order valence-corrected chi connectivity index (χ3v) is 8.94. The molecule has 3 fully saturated rings. The molecule has 3 nitrogen and oxygen atoms in total. The lowest BCUT2D eigenvalue weighted by molar-refractivity contribution is -0.157. The Hall–Kier alpha value is -1.03. The molecule has 0 aromatic carbocycles. The number of allylic oxidation sites excluding steroid dienone is 2. The summed E-state index contributed by atoms with van der Waals surface area (Å²) in [7, 11) is 0. The Balaban J connectivity index is 1.78. The Morgan fingerprint density at radius 1 is 1.27 bits per heavy atom. The smallest absolute Gasteiger partial charge is 0.162 e. The number of halogens is 1. The molecule has 4 heteroatoms. The van der Waals surface area contributed by atoms with Gasteiger partial charge in [0.2, 0.25) is 0 Å². The SMILES string of the molecule is CC(=O)[C@@]1(O)[C@@H](C)CC2C3C[C@H](F)C4CC(=O)CC[C@]4(C)C3=CC[C@@]21C.